The second-order valence-electron chi connectivity index (χ2n) is 35.7. The second-order valence-corrected chi connectivity index (χ2v) is 44.5. The number of fused-ring (bicyclic) bond motifs is 9. The number of hydrogen-bond acceptors (Lipinski definition) is 4. The van der Waals surface area contributed by atoms with E-state index in [1.165, 1.54) is 162 Å². The lowest BCUT2D eigenvalue weighted by molar-refractivity contribution is 0.423. The molecule has 3 heterocycles. The van der Waals surface area contributed by atoms with Crippen LogP contribution in [0.1, 0.15) is 74.9 Å². The van der Waals surface area contributed by atoms with Gasteiger partial charge in [0.15, 0.2) is 8.07 Å². The molecule has 4 nitrogen and oxygen atoms in total. The Hall–Kier alpha value is -13.6. The van der Waals surface area contributed by atoms with Crippen LogP contribution in [-0.4, -0.2) is 16.1 Å². The molecule has 0 unspecified atom stereocenters. The van der Waals surface area contributed by atoms with Crippen molar-refractivity contribution in [2.75, 3.05) is 4.90 Å². The zero-order valence-corrected chi connectivity index (χ0v) is 71.0. The molecule has 0 bridgehead atoms. The summed E-state index contributed by atoms with van der Waals surface area (Å²) >= 11 is 0. The van der Waals surface area contributed by atoms with Crippen LogP contribution in [0.25, 0.3) is 108 Å². The van der Waals surface area contributed by atoms with Crippen molar-refractivity contribution in [3.8, 4) is 45.6 Å². The number of hydrogen-bond donors (Lipinski definition) is 0. The van der Waals surface area contributed by atoms with E-state index in [1.807, 2.05) is 0 Å². The van der Waals surface area contributed by atoms with Crippen LogP contribution in [0, 0.1) is 0 Å². The van der Waals surface area contributed by atoms with E-state index in [9.17, 15) is 0 Å². The standard InChI is InChI=1S/C43H31NO.C43H32OSi.C28H26OSi/c1-43(2)37-18-9-10-19-39(37)45-42-35-25-22-29-12-11-17-34-36(26-30(27-38(42)43)41(35)40(29)34)28-20-23-33(24-21-28)44(31-13-5-3-6-14-31)32-15-7-4-8-16-32;1-43(2)36-23-12-13-24-38(36)44-42-35-26-25-29-15-14-22-34-39(28-30(27-37(42)43)41(35)40(29)34)45(31-16-6-3-7-17-31,32-18-8-4-9-19-32)33-20-10-5-11-21-33;1-28(2)21-11-6-7-12-23(21)29-27-20-14-13-17-9-8-10-19-24(30(3,4)5)16-18(15-22(27)28)26(20)25(17)19/h3-27H,1-2H3;3-28H,1-2H3;6-16H,1-5H3. The quantitative estimate of drug-likeness (QED) is 0.0819. The zero-order valence-electron chi connectivity index (χ0n) is 69.0. The van der Waals surface area contributed by atoms with Crippen LogP contribution in [0.5, 0.6) is 34.5 Å². The lowest BCUT2D eigenvalue weighted by Gasteiger charge is -2.37. The molecule has 120 heavy (non-hydrogen) atoms. The fourth-order valence-corrected chi connectivity index (χ4v) is 27.5. The monoisotopic (exact) mass is 1580 g/mol. The Labute approximate surface area is 702 Å². The molecule has 24 rings (SSSR count). The van der Waals surface area contributed by atoms with Crippen LogP contribution in [0.2, 0.25) is 19.6 Å². The van der Waals surface area contributed by atoms with E-state index in [0.29, 0.717) is 0 Å². The Kier molecular flexibility index (Phi) is 16.7. The second kappa shape index (κ2) is 27.5. The summed E-state index contributed by atoms with van der Waals surface area (Å²) in [6.07, 6.45) is 0. The molecule has 0 N–H and O–H groups in total. The lowest BCUT2D eigenvalue weighted by Crippen LogP contribution is -2.74. The molecule has 0 saturated heterocycles. The van der Waals surface area contributed by atoms with Gasteiger partial charge in [0.25, 0.3) is 0 Å². The highest BCUT2D eigenvalue weighted by molar-refractivity contribution is 7.20. The van der Waals surface area contributed by atoms with Crippen molar-refractivity contribution in [1.29, 1.82) is 0 Å². The first-order valence-corrected chi connectivity index (χ1v) is 47.7. The van der Waals surface area contributed by atoms with Crippen molar-refractivity contribution < 1.29 is 14.2 Å². The molecular weight excluding hydrogens is 1490 g/mol. The molecule has 21 aromatic carbocycles. The number of anilines is 3. The van der Waals surface area contributed by atoms with Gasteiger partial charge in [-0.3, -0.25) is 0 Å². The summed E-state index contributed by atoms with van der Waals surface area (Å²) in [5.41, 5.74) is 12.8. The first kappa shape index (κ1) is 72.8. The summed E-state index contributed by atoms with van der Waals surface area (Å²) < 4.78 is 20.0. The Balaban J connectivity index is 0.000000110. The first-order valence-electron chi connectivity index (χ1n) is 42.2. The number of benzene rings is 21. The molecule has 0 aromatic heterocycles. The third-order valence-corrected chi connectivity index (χ3v) is 33.6. The van der Waals surface area contributed by atoms with Crippen LogP contribution in [0.15, 0.2) is 376 Å². The van der Waals surface area contributed by atoms with Gasteiger partial charge >= 0.3 is 0 Å². The topological polar surface area (TPSA) is 30.9 Å². The minimum atomic E-state index is -2.78. The molecule has 0 amide bonds. The largest absolute Gasteiger partial charge is 0.456 e. The third kappa shape index (κ3) is 11.1. The van der Waals surface area contributed by atoms with Gasteiger partial charge in [-0.2, -0.15) is 0 Å². The summed E-state index contributed by atoms with van der Waals surface area (Å²) in [5.74, 6) is 5.88. The highest BCUT2D eigenvalue weighted by Gasteiger charge is 2.45. The molecule has 0 saturated carbocycles. The van der Waals surface area contributed by atoms with Gasteiger partial charge in [0.1, 0.15) is 34.5 Å². The Morgan fingerprint density at radius 2 is 0.542 bits per heavy atom. The highest BCUT2D eigenvalue weighted by atomic mass is 28.3. The van der Waals surface area contributed by atoms with E-state index in [2.05, 4.69) is 442 Å². The van der Waals surface area contributed by atoms with Gasteiger partial charge in [-0.1, -0.05) is 345 Å². The van der Waals surface area contributed by atoms with E-state index in [4.69, 9.17) is 14.2 Å². The van der Waals surface area contributed by atoms with Crippen molar-refractivity contribution in [2.24, 2.45) is 0 Å². The molecule has 576 valence electrons. The molecule has 21 aromatic rings. The molecule has 0 aliphatic carbocycles. The summed E-state index contributed by atoms with van der Waals surface area (Å²) in [4.78, 5) is 2.31. The molecule has 0 spiro atoms. The van der Waals surface area contributed by atoms with E-state index < -0.39 is 16.1 Å². The molecule has 0 radical (unpaired) electrons. The molecule has 3 aliphatic heterocycles. The Morgan fingerprint density at radius 3 is 0.925 bits per heavy atom. The van der Waals surface area contributed by atoms with Crippen LogP contribution in [-0.2, 0) is 16.2 Å². The van der Waals surface area contributed by atoms with Crippen molar-refractivity contribution >= 4 is 156 Å². The smallest absolute Gasteiger partial charge is 0.180 e. The fourth-order valence-electron chi connectivity index (χ4n) is 20.9. The molecule has 6 heteroatoms. The van der Waals surface area contributed by atoms with Gasteiger partial charge in [0.2, 0.25) is 0 Å². The van der Waals surface area contributed by atoms with Crippen LogP contribution in [0.3, 0.4) is 0 Å². The van der Waals surface area contributed by atoms with Crippen molar-refractivity contribution in [2.45, 2.75) is 77.4 Å². The van der Waals surface area contributed by atoms with E-state index in [-0.39, 0.29) is 16.2 Å². The number of rotatable bonds is 9. The average Bonchev–Trinajstić information content (AvgIpc) is 0.782. The van der Waals surface area contributed by atoms with E-state index in [1.54, 1.807) is 5.19 Å². The average molecular weight is 1580 g/mol. The SMILES string of the molecule is CC1(C)c2ccccc2Oc2c1cc1cc(-c3ccc(N(c4ccccc4)c4ccccc4)cc3)c3cccc4ccc2c1c43.CC1(C)c2ccccc2Oc2c1cc1cc([Si](C)(C)C)c3cccc4ccc2c1c43.CC1(C)c2ccccc2Oc2c1cc1cc([Si](c3ccccc3)(c3ccccc3)c3ccccc3)c3cccc4ccc2c1c43. The maximum atomic E-state index is 6.78. The normalized spacial score (nSPS) is 14.1. The van der Waals surface area contributed by atoms with Crippen LogP contribution >= 0.6 is 0 Å². The number of ether oxygens (including phenoxy) is 3. The number of nitrogens with zero attached hydrogens (tertiary/aromatic N) is 1. The van der Waals surface area contributed by atoms with Crippen molar-refractivity contribution in [3.63, 3.8) is 0 Å². The van der Waals surface area contributed by atoms with Crippen LogP contribution < -0.4 is 45.0 Å². The maximum absolute atomic E-state index is 6.78. The summed E-state index contributed by atoms with van der Waals surface area (Å²) in [7, 11) is -4.30. The van der Waals surface area contributed by atoms with Gasteiger partial charge in [-0.05, 0) is 194 Å². The predicted octanol–water partition coefficient (Wildman–Crippen LogP) is 28.1. The van der Waals surface area contributed by atoms with Crippen molar-refractivity contribution in [1.82, 2.24) is 0 Å². The maximum Gasteiger partial charge on any atom is 0.180 e. The number of para-hydroxylation sites is 5. The summed E-state index contributed by atoms with van der Waals surface area (Å²) in [5, 5.41) is 30.4. The molecule has 0 atom stereocenters. The van der Waals surface area contributed by atoms with Crippen LogP contribution in [0.4, 0.5) is 17.1 Å². The zero-order chi connectivity index (χ0) is 81.1. The predicted molar refractivity (Wildman–Crippen MR) is 513 cm³/mol. The third-order valence-electron chi connectivity index (χ3n) is 26.8. The minimum absolute atomic E-state index is 0.103. The fraction of sp³-hybridized carbons (Fsp3) is 0.105. The summed E-state index contributed by atoms with van der Waals surface area (Å²) in [6.45, 7) is 21.3. The molecular formula is C114H89NO3Si2. The summed E-state index contributed by atoms with van der Waals surface area (Å²) in [6, 6.07) is 138. The van der Waals surface area contributed by atoms with Crippen molar-refractivity contribution in [3.05, 3.63) is 409 Å². The van der Waals surface area contributed by atoms with Gasteiger partial charge in [-0.15, -0.1) is 0 Å². The Morgan fingerprint density at radius 1 is 0.233 bits per heavy atom. The molecule has 0 fully saturated rings. The minimum Gasteiger partial charge on any atom is -0.456 e. The van der Waals surface area contributed by atoms with Gasteiger partial charge in [0, 0.05) is 99.0 Å². The van der Waals surface area contributed by atoms with Gasteiger partial charge < -0.3 is 19.1 Å². The van der Waals surface area contributed by atoms with E-state index in [0.717, 1.165) is 51.6 Å². The first-order chi connectivity index (χ1) is 58.4. The van der Waals surface area contributed by atoms with Gasteiger partial charge in [0.05, 0.1) is 8.07 Å². The lowest BCUT2D eigenvalue weighted by atomic mass is 9.74. The van der Waals surface area contributed by atoms with Gasteiger partial charge in [-0.25, -0.2) is 0 Å². The van der Waals surface area contributed by atoms with E-state index >= 15 is 0 Å². The Bertz CT molecular complexity index is 7470. The highest BCUT2D eigenvalue weighted by Crippen LogP contribution is 2.57. The molecule has 3 aliphatic rings.